The van der Waals surface area contributed by atoms with Crippen molar-refractivity contribution in [2.24, 2.45) is 5.73 Å². The Labute approximate surface area is 102 Å². The molecule has 0 aromatic heterocycles. The van der Waals surface area contributed by atoms with Crippen molar-refractivity contribution in [3.8, 4) is 5.75 Å². The second-order valence-corrected chi connectivity index (χ2v) is 4.55. The summed E-state index contributed by atoms with van der Waals surface area (Å²) in [6.07, 6.45) is 4.86. The van der Waals surface area contributed by atoms with Gasteiger partial charge in [-0.15, -0.1) is 0 Å². The van der Waals surface area contributed by atoms with Gasteiger partial charge in [0.25, 0.3) is 5.91 Å². The molecule has 2 rings (SSSR count). The Balaban J connectivity index is 2.14. The van der Waals surface area contributed by atoms with Crippen LogP contribution < -0.4 is 10.5 Å². The monoisotopic (exact) mass is 233 g/mol. The fourth-order valence-electron chi connectivity index (χ4n) is 2.29. The minimum atomic E-state index is -0.517. The van der Waals surface area contributed by atoms with Crippen molar-refractivity contribution in [2.75, 3.05) is 0 Å². The van der Waals surface area contributed by atoms with Crippen LogP contribution in [-0.2, 0) is 17.6 Å². The molecule has 1 aliphatic rings. The summed E-state index contributed by atoms with van der Waals surface area (Å²) < 4.78 is 5.62. The number of nitrogens with two attached hydrogens (primary N) is 1. The lowest BCUT2D eigenvalue weighted by atomic mass is 9.92. The van der Waals surface area contributed by atoms with Gasteiger partial charge in [0, 0.05) is 0 Å². The molecule has 0 aliphatic heterocycles. The van der Waals surface area contributed by atoms with E-state index < -0.39 is 12.0 Å². The van der Waals surface area contributed by atoms with Crippen molar-refractivity contribution in [1.29, 1.82) is 0 Å². The predicted molar refractivity (Wildman–Crippen MR) is 67.0 cm³/mol. The molecule has 0 saturated carbocycles. The maximum Gasteiger partial charge on any atom is 0.258 e. The van der Waals surface area contributed by atoms with Gasteiger partial charge in [-0.3, -0.25) is 4.79 Å². The standard InChI is InChI=1S/C14H19NO2/c1-2-13(14(15)16)17-12-8-7-10-5-3-4-6-11(10)9-12/h7-9,13H,2-6H2,1H3,(H2,15,16)/t13-/m0/s1. The predicted octanol–water partition coefficient (Wildman–Crippen LogP) is 2.21. The Kier molecular flexibility index (Phi) is 3.67. The highest BCUT2D eigenvalue weighted by Crippen LogP contribution is 2.26. The third-order valence-electron chi connectivity index (χ3n) is 3.29. The topological polar surface area (TPSA) is 52.3 Å². The number of ether oxygens (including phenoxy) is 1. The molecule has 1 amide bonds. The number of primary amides is 1. The van der Waals surface area contributed by atoms with Gasteiger partial charge < -0.3 is 10.5 Å². The molecule has 0 spiro atoms. The quantitative estimate of drug-likeness (QED) is 0.866. The van der Waals surface area contributed by atoms with Gasteiger partial charge in [0.1, 0.15) is 5.75 Å². The fourth-order valence-corrected chi connectivity index (χ4v) is 2.29. The second kappa shape index (κ2) is 5.21. The van der Waals surface area contributed by atoms with Gasteiger partial charge in [-0.1, -0.05) is 13.0 Å². The molecule has 1 aliphatic carbocycles. The third kappa shape index (κ3) is 2.78. The summed E-state index contributed by atoms with van der Waals surface area (Å²) in [5.74, 6) is 0.363. The molecule has 0 unspecified atom stereocenters. The molecule has 1 aromatic rings. The zero-order chi connectivity index (χ0) is 12.3. The van der Waals surface area contributed by atoms with E-state index in [-0.39, 0.29) is 0 Å². The number of hydrogen-bond acceptors (Lipinski definition) is 2. The van der Waals surface area contributed by atoms with Crippen LogP contribution in [0.4, 0.5) is 0 Å². The van der Waals surface area contributed by atoms with E-state index in [0.717, 1.165) is 18.6 Å². The van der Waals surface area contributed by atoms with Crippen molar-refractivity contribution in [3.63, 3.8) is 0 Å². The van der Waals surface area contributed by atoms with E-state index in [2.05, 4.69) is 12.1 Å². The van der Waals surface area contributed by atoms with Crippen molar-refractivity contribution in [2.45, 2.75) is 45.1 Å². The first kappa shape index (κ1) is 12.0. The minimum Gasteiger partial charge on any atom is -0.481 e. The molecule has 3 heteroatoms. The summed E-state index contributed by atoms with van der Waals surface area (Å²) in [6, 6.07) is 6.10. The Morgan fingerprint density at radius 1 is 1.35 bits per heavy atom. The lowest BCUT2D eigenvalue weighted by Crippen LogP contribution is -2.33. The second-order valence-electron chi connectivity index (χ2n) is 4.55. The minimum absolute atomic E-state index is 0.398. The van der Waals surface area contributed by atoms with Crippen LogP contribution in [0.25, 0.3) is 0 Å². The van der Waals surface area contributed by atoms with Gasteiger partial charge in [0.05, 0.1) is 0 Å². The van der Waals surface area contributed by atoms with E-state index in [1.807, 2.05) is 13.0 Å². The SMILES string of the molecule is CC[C@H](Oc1ccc2c(c1)CCCC2)C(N)=O. The van der Waals surface area contributed by atoms with E-state index in [4.69, 9.17) is 10.5 Å². The highest BCUT2D eigenvalue weighted by atomic mass is 16.5. The van der Waals surface area contributed by atoms with Crippen LogP contribution in [0.1, 0.15) is 37.3 Å². The molecule has 0 radical (unpaired) electrons. The highest BCUT2D eigenvalue weighted by molar-refractivity contribution is 5.79. The molecule has 0 saturated heterocycles. The van der Waals surface area contributed by atoms with E-state index in [1.54, 1.807) is 0 Å². The maximum absolute atomic E-state index is 11.1. The molecule has 0 heterocycles. The smallest absolute Gasteiger partial charge is 0.258 e. The van der Waals surface area contributed by atoms with Crippen LogP contribution in [-0.4, -0.2) is 12.0 Å². The Bertz CT molecular complexity index is 415. The van der Waals surface area contributed by atoms with Crippen LogP contribution in [0.15, 0.2) is 18.2 Å². The largest absolute Gasteiger partial charge is 0.481 e. The molecule has 1 atom stereocenters. The molecule has 0 bridgehead atoms. The normalized spacial score (nSPS) is 16.1. The van der Waals surface area contributed by atoms with E-state index >= 15 is 0 Å². The number of aryl methyl sites for hydroxylation is 2. The first-order valence-corrected chi connectivity index (χ1v) is 6.28. The molecular weight excluding hydrogens is 214 g/mol. The van der Waals surface area contributed by atoms with Gasteiger partial charge in [0.15, 0.2) is 6.10 Å². The third-order valence-corrected chi connectivity index (χ3v) is 3.29. The maximum atomic E-state index is 11.1. The number of amides is 1. The number of carbonyl (C=O) groups is 1. The van der Waals surface area contributed by atoms with Crippen molar-refractivity contribution < 1.29 is 9.53 Å². The van der Waals surface area contributed by atoms with Crippen LogP contribution >= 0.6 is 0 Å². The number of rotatable bonds is 4. The lowest BCUT2D eigenvalue weighted by molar-refractivity contribution is -0.124. The molecule has 0 fully saturated rings. The van der Waals surface area contributed by atoms with Gasteiger partial charge in [-0.25, -0.2) is 0 Å². The van der Waals surface area contributed by atoms with E-state index in [0.29, 0.717) is 6.42 Å². The summed E-state index contributed by atoms with van der Waals surface area (Å²) in [6.45, 7) is 1.90. The van der Waals surface area contributed by atoms with Crippen molar-refractivity contribution >= 4 is 5.91 Å². The molecule has 1 aromatic carbocycles. The summed E-state index contributed by atoms with van der Waals surface area (Å²) in [7, 11) is 0. The van der Waals surface area contributed by atoms with Gasteiger partial charge in [-0.2, -0.15) is 0 Å². The van der Waals surface area contributed by atoms with E-state index in [1.165, 1.54) is 24.0 Å². The average Bonchev–Trinajstić information content (AvgIpc) is 2.35. The Morgan fingerprint density at radius 3 is 2.71 bits per heavy atom. The molecule has 2 N–H and O–H groups in total. The summed E-state index contributed by atoms with van der Waals surface area (Å²) in [4.78, 5) is 11.1. The van der Waals surface area contributed by atoms with Gasteiger partial charge >= 0.3 is 0 Å². The Hall–Kier alpha value is -1.51. The summed E-state index contributed by atoms with van der Waals surface area (Å²) in [5, 5.41) is 0. The summed E-state index contributed by atoms with van der Waals surface area (Å²) >= 11 is 0. The van der Waals surface area contributed by atoms with Gasteiger partial charge in [0.2, 0.25) is 0 Å². The first-order valence-electron chi connectivity index (χ1n) is 6.28. The van der Waals surface area contributed by atoms with Crippen LogP contribution in [0.5, 0.6) is 5.75 Å². The van der Waals surface area contributed by atoms with Crippen LogP contribution in [0, 0.1) is 0 Å². The molecular formula is C14H19NO2. The number of carbonyl (C=O) groups excluding carboxylic acids is 1. The number of hydrogen-bond donors (Lipinski definition) is 1. The molecule has 17 heavy (non-hydrogen) atoms. The van der Waals surface area contributed by atoms with E-state index in [9.17, 15) is 4.79 Å². The lowest BCUT2D eigenvalue weighted by Gasteiger charge is -2.19. The Morgan fingerprint density at radius 2 is 2.06 bits per heavy atom. The zero-order valence-corrected chi connectivity index (χ0v) is 10.2. The first-order chi connectivity index (χ1) is 8.20. The zero-order valence-electron chi connectivity index (χ0n) is 10.2. The fraction of sp³-hybridized carbons (Fsp3) is 0.500. The highest BCUT2D eigenvalue weighted by Gasteiger charge is 2.16. The van der Waals surface area contributed by atoms with Crippen molar-refractivity contribution in [3.05, 3.63) is 29.3 Å². The van der Waals surface area contributed by atoms with Gasteiger partial charge in [-0.05, 0) is 55.4 Å². The van der Waals surface area contributed by atoms with Crippen LogP contribution in [0.3, 0.4) is 0 Å². The molecule has 92 valence electrons. The molecule has 3 nitrogen and oxygen atoms in total. The average molecular weight is 233 g/mol. The number of fused-ring (bicyclic) bond motifs is 1. The van der Waals surface area contributed by atoms with Crippen LogP contribution in [0.2, 0.25) is 0 Å². The number of benzene rings is 1. The van der Waals surface area contributed by atoms with Crippen molar-refractivity contribution in [1.82, 2.24) is 0 Å². The summed E-state index contributed by atoms with van der Waals surface area (Å²) in [5.41, 5.74) is 8.04.